The third-order valence-corrected chi connectivity index (χ3v) is 3.44. The van der Waals surface area contributed by atoms with Crippen LogP contribution >= 0.6 is 0 Å². The summed E-state index contributed by atoms with van der Waals surface area (Å²) >= 11 is 0. The summed E-state index contributed by atoms with van der Waals surface area (Å²) in [7, 11) is 2.91. The molecule has 0 aliphatic carbocycles. The van der Waals surface area contributed by atoms with Crippen LogP contribution in [0.1, 0.15) is 29.4 Å². The SMILES string of the molecule is CCOC(=O)c1c(NC(=O)N(C)CCC(=O)O)c(C#N)cn1CCOC. The molecule has 10 nitrogen and oxygen atoms in total. The van der Waals surface area contributed by atoms with Gasteiger partial charge < -0.3 is 29.4 Å². The van der Waals surface area contributed by atoms with Gasteiger partial charge in [0.15, 0.2) is 5.69 Å². The number of methoxy groups -OCH3 is 1. The van der Waals surface area contributed by atoms with Crippen molar-refractivity contribution in [3.8, 4) is 6.07 Å². The van der Waals surface area contributed by atoms with E-state index < -0.39 is 18.0 Å². The maximum absolute atomic E-state index is 12.3. The molecule has 0 unspecified atom stereocenters. The van der Waals surface area contributed by atoms with Gasteiger partial charge in [0.2, 0.25) is 0 Å². The molecule has 1 rings (SSSR count). The highest BCUT2D eigenvalue weighted by atomic mass is 16.5. The molecule has 0 spiro atoms. The zero-order valence-corrected chi connectivity index (χ0v) is 14.9. The number of carboxylic acid groups (broad SMARTS) is 1. The predicted octanol–water partition coefficient (Wildman–Crippen LogP) is 1.12. The summed E-state index contributed by atoms with van der Waals surface area (Å²) in [5.41, 5.74) is 0.138. The van der Waals surface area contributed by atoms with E-state index in [0.717, 1.165) is 4.90 Å². The molecule has 0 saturated carbocycles. The highest BCUT2D eigenvalue weighted by Gasteiger charge is 2.25. The number of carbonyl (C=O) groups is 3. The number of nitrogens with zero attached hydrogens (tertiary/aromatic N) is 3. The molecule has 26 heavy (non-hydrogen) atoms. The first-order valence-electron chi connectivity index (χ1n) is 7.88. The lowest BCUT2D eigenvalue weighted by molar-refractivity contribution is -0.137. The Morgan fingerprint density at radius 3 is 2.65 bits per heavy atom. The van der Waals surface area contributed by atoms with Gasteiger partial charge in [-0.3, -0.25) is 4.79 Å². The largest absolute Gasteiger partial charge is 0.481 e. The first-order valence-corrected chi connectivity index (χ1v) is 7.88. The number of nitriles is 1. The normalized spacial score (nSPS) is 10.1. The van der Waals surface area contributed by atoms with Gasteiger partial charge in [-0.25, -0.2) is 9.59 Å². The average Bonchev–Trinajstić information content (AvgIpc) is 2.95. The molecule has 0 aliphatic heterocycles. The molecule has 0 saturated heterocycles. The Labute approximate surface area is 150 Å². The van der Waals surface area contributed by atoms with E-state index in [0.29, 0.717) is 0 Å². The lowest BCUT2D eigenvalue weighted by atomic mass is 10.2. The molecular formula is C16H22N4O6. The third-order valence-electron chi connectivity index (χ3n) is 3.44. The number of aliphatic carboxylic acids is 1. The number of nitrogens with one attached hydrogen (secondary N) is 1. The van der Waals surface area contributed by atoms with Crippen LogP contribution in [0.4, 0.5) is 10.5 Å². The van der Waals surface area contributed by atoms with E-state index in [1.165, 1.54) is 24.9 Å². The Kier molecular flexibility index (Phi) is 8.11. The quantitative estimate of drug-likeness (QED) is 0.625. The van der Waals surface area contributed by atoms with Crippen molar-refractivity contribution in [1.82, 2.24) is 9.47 Å². The smallest absolute Gasteiger partial charge is 0.357 e. The molecule has 142 valence electrons. The summed E-state index contributed by atoms with van der Waals surface area (Å²) in [4.78, 5) is 36.4. The topological polar surface area (TPSA) is 134 Å². The number of rotatable bonds is 9. The van der Waals surface area contributed by atoms with Crippen molar-refractivity contribution in [2.45, 2.75) is 19.9 Å². The van der Waals surface area contributed by atoms with Crippen molar-refractivity contribution < 1.29 is 29.0 Å². The molecule has 0 atom stereocenters. The molecule has 1 aromatic heterocycles. The molecule has 0 radical (unpaired) electrons. The molecule has 1 heterocycles. The van der Waals surface area contributed by atoms with E-state index in [9.17, 15) is 19.6 Å². The van der Waals surface area contributed by atoms with E-state index in [4.69, 9.17) is 14.6 Å². The second kappa shape index (κ2) is 10.0. The first-order chi connectivity index (χ1) is 12.3. The van der Waals surface area contributed by atoms with Crippen LogP contribution in [-0.2, 0) is 20.8 Å². The maximum atomic E-state index is 12.3. The summed E-state index contributed by atoms with van der Waals surface area (Å²) in [5, 5.41) is 20.5. The lowest BCUT2D eigenvalue weighted by Crippen LogP contribution is -2.33. The van der Waals surface area contributed by atoms with Gasteiger partial charge in [-0.1, -0.05) is 0 Å². The molecule has 1 aromatic rings. The van der Waals surface area contributed by atoms with Gasteiger partial charge >= 0.3 is 18.0 Å². The Morgan fingerprint density at radius 1 is 1.42 bits per heavy atom. The summed E-state index contributed by atoms with van der Waals surface area (Å²) in [5.74, 6) is -1.73. The van der Waals surface area contributed by atoms with Crippen LogP contribution in [-0.4, -0.2) is 66.5 Å². The van der Waals surface area contributed by atoms with Gasteiger partial charge in [0.1, 0.15) is 6.07 Å². The number of urea groups is 1. The first kappa shape index (κ1) is 21.0. The molecule has 0 aromatic carbocycles. The summed E-state index contributed by atoms with van der Waals surface area (Å²) in [6.07, 6.45) is 1.20. The van der Waals surface area contributed by atoms with Gasteiger partial charge in [-0.05, 0) is 6.92 Å². The molecule has 0 aliphatic rings. The van der Waals surface area contributed by atoms with Crippen molar-refractivity contribution in [3.63, 3.8) is 0 Å². The molecule has 0 bridgehead atoms. The fraction of sp³-hybridized carbons (Fsp3) is 0.500. The fourth-order valence-electron chi connectivity index (χ4n) is 2.12. The molecular weight excluding hydrogens is 344 g/mol. The predicted molar refractivity (Wildman–Crippen MR) is 90.9 cm³/mol. The monoisotopic (exact) mass is 366 g/mol. The average molecular weight is 366 g/mol. The van der Waals surface area contributed by atoms with E-state index in [2.05, 4.69) is 5.32 Å². The summed E-state index contributed by atoms with van der Waals surface area (Å²) in [6.45, 7) is 2.32. The number of carbonyl (C=O) groups excluding carboxylic acids is 2. The van der Waals surface area contributed by atoms with Crippen molar-refractivity contribution in [2.75, 3.05) is 39.2 Å². The Balaban J connectivity index is 3.16. The number of anilines is 1. The van der Waals surface area contributed by atoms with E-state index >= 15 is 0 Å². The van der Waals surface area contributed by atoms with Gasteiger partial charge in [-0.15, -0.1) is 0 Å². The van der Waals surface area contributed by atoms with Crippen LogP contribution in [0.15, 0.2) is 6.20 Å². The van der Waals surface area contributed by atoms with E-state index in [1.807, 2.05) is 6.07 Å². The Hall–Kier alpha value is -3.06. The zero-order chi connectivity index (χ0) is 19.7. The second-order valence-corrected chi connectivity index (χ2v) is 5.28. The van der Waals surface area contributed by atoms with E-state index in [-0.39, 0.29) is 49.7 Å². The van der Waals surface area contributed by atoms with Crippen molar-refractivity contribution >= 4 is 23.7 Å². The molecule has 0 fully saturated rings. The number of esters is 1. The number of carboxylic acids is 1. The van der Waals surface area contributed by atoms with Crippen molar-refractivity contribution in [3.05, 3.63) is 17.5 Å². The molecule has 2 amide bonds. The lowest BCUT2D eigenvalue weighted by Gasteiger charge is -2.17. The van der Waals surface area contributed by atoms with Crippen LogP contribution in [0.5, 0.6) is 0 Å². The standard InChI is InChI=1S/C16H22N4O6/c1-4-26-15(23)14-13(11(9-17)10-20(14)7-8-25-3)18-16(24)19(2)6-5-12(21)22/h10H,4-8H2,1-3H3,(H,18,24)(H,21,22). The van der Waals surface area contributed by atoms with Gasteiger partial charge in [0, 0.05) is 33.4 Å². The van der Waals surface area contributed by atoms with Crippen LogP contribution in [0.2, 0.25) is 0 Å². The van der Waals surface area contributed by atoms with Gasteiger partial charge in [0.05, 0.1) is 30.9 Å². The minimum Gasteiger partial charge on any atom is -0.481 e. The second-order valence-electron chi connectivity index (χ2n) is 5.28. The van der Waals surface area contributed by atoms with Crippen LogP contribution in [0.3, 0.4) is 0 Å². The Bertz CT molecular complexity index is 706. The Morgan fingerprint density at radius 2 is 2.12 bits per heavy atom. The van der Waals surface area contributed by atoms with Gasteiger partial charge in [-0.2, -0.15) is 5.26 Å². The van der Waals surface area contributed by atoms with Crippen molar-refractivity contribution in [2.24, 2.45) is 0 Å². The number of amides is 2. The number of aromatic nitrogens is 1. The summed E-state index contributed by atoms with van der Waals surface area (Å²) < 4.78 is 11.5. The highest BCUT2D eigenvalue weighted by Crippen LogP contribution is 2.25. The van der Waals surface area contributed by atoms with Crippen LogP contribution in [0.25, 0.3) is 0 Å². The number of hydrogen-bond acceptors (Lipinski definition) is 6. The van der Waals surface area contributed by atoms with Crippen LogP contribution < -0.4 is 5.32 Å². The van der Waals surface area contributed by atoms with Gasteiger partial charge in [0.25, 0.3) is 0 Å². The summed E-state index contributed by atoms with van der Waals surface area (Å²) in [6, 6.07) is 1.29. The van der Waals surface area contributed by atoms with Crippen LogP contribution in [0, 0.1) is 11.3 Å². The van der Waals surface area contributed by atoms with Crippen molar-refractivity contribution in [1.29, 1.82) is 5.26 Å². The number of hydrogen-bond donors (Lipinski definition) is 2. The zero-order valence-electron chi connectivity index (χ0n) is 14.9. The molecule has 2 N–H and O–H groups in total. The van der Waals surface area contributed by atoms with E-state index in [1.54, 1.807) is 6.92 Å². The molecule has 10 heteroatoms. The minimum absolute atomic E-state index is 0.0224. The number of ether oxygens (including phenoxy) is 2. The fourth-order valence-corrected chi connectivity index (χ4v) is 2.12. The highest BCUT2D eigenvalue weighted by molar-refractivity contribution is 6.01. The maximum Gasteiger partial charge on any atom is 0.357 e. The third kappa shape index (κ3) is 5.49. The minimum atomic E-state index is -1.04.